The summed E-state index contributed by atoms with van der Waals surface area (Å²) in [5, 5.41) is 0. The molecule has 0 aromatic heterocycles. The fraction of sp³-hybridized carbons (Fsp3) is 0.500. The molecule has 0 unspecified atom stereocenters. The Labute approximate surface area is 115 Å². The summed E-state index contributed by atoms with van der Waals surface area (Å²) >= 11 is 3.35. The van der Waals surface area contributed by atoms with Gasteiger partial charge in [0.15, 0.2) is 0 Å². The molecule has 1 aromatic carbocycles. The molecular weight excluding hydrogens is 297 g/mol. The van der Waals surface area contributed by atoms with Crippen LogP contribution in [0.2, 0.25) is 0 Å². The average Bonchev–Trinajstić information content (AvgIpc) is 2.34. The second-order valence-corrected chi connectivity index (χ2v) is 5.84. The second kappa shape index (κ2) is 5.93. The van der Waals surface area contributed by atoms with E-state index in [9.17, 15) is 9.18 Å². The molecule has 1 aliphatic rings. The zero-order chi connectivity index (χ0) is 13.1. The van der Waals surface area contributed by atoms with Crippen LogP contribution in [0.3, 0.4) is 0 Å². The van der Waals surface area contributed by atoms with E-state index in [1.165, 1.54) is 12.1 Å². The van der Waals surface area contributed by atoms with Gasteiger partial charge in [-0.25, -0.2) is 4.39 Å². The molecule has 0 spiro atoms. The molecule has 0 aliphatic heterocycles. The molecule has 1 fully saturated rings. The molecule has 1 aliphatic carbocycles. The summed E-state index contributed by atoms with van der Waals surface area (Å²) in [7, 11) is 0. The van der Waals surface area contributed by atoms with Gasteiger partial charge >= 0.3 is 0 Å². The van der Waals surface area contributed by atoms with Crippen LogP contribution in [0.25, 0.3) is 0 Å². The van der Waals surface area contributed by atoms with Gasteiger partial charge in [-0.2, -0.15) is 0 Å². The first-order valence-electron chi connectivity index (χ1n) is 6.28. The Morgan fingerprint density at radius 2 is 2.00 bits per heavy atom. The lowest BCUT2D eigenvalue weighted by molar-refractivity contribution is -0.123. The summed E-state index contributed by atoms with van der Waals surface area (Å²) in [5.74, 6) is -0.000154. The number of carbonyl (C=O) groups is 1. The number of rotatable bonds is 3. The average molecular weight is 314 g/mol. The minimum atomic E-state index is -0.299. The predicted octanol–water partition coefficient (Wildman–Crippen LogP) is 3.22. The van der Waals surface area contributed by atoms with E-state index in [2.05, 4.69) is 15.9 Å². The van der Waals surface area contributed by atoms with Crippen LogP contribution < -0.4 is 5.73 Å². The lowest BCUT2D eigenvalue weighted by atomic mass is 9.82. The highest BCUT2D eigenvalue weighted by Gasteiger charge is 2.24. The van der Waals surface area contributed by atoms with Gasteiger partial charge in [-0.1, -0.05) is 15.9 Å². The first-order valence-corrected chi connectivity index (χ1v) is 7.08. The summed E-state index contributed by atoms with van der Waals surface area (Å²) in [5.41, 5.74) is 6.56. The van der Waals surface area contributed by atoms with E-state index in [1.807, 2.05) is 0 Å². The van der Waals surface area contributed by atoms with Crippen LogP contribution in [0, 0.1) is 11.7 Å². The van der Waals surface area contributed by atoms with E-state index < -0.39 is 0 Å². The molecule has 0 radical (unpaired) electrons. The van der Waals surface area contributed by atoms with Crippen LogP contribution in [0.1, 0.15) is 31.2 Å². The van der Waals surface area contributed by atoms with Crippen LogP contribution in [0.15, 0.2) is 22.7 Å². The molecule has 0 saturated heterocycles. The molecule has 98 valence electrons. The molecule has 4 heteroatoms. The van der Waals surface area contributed by atoms with Crippen LogP contribution in [-0.2, 0) is 11.2 Å². The fourth-order valence-corrected chi connectivity index (χ4v) is 2.84. The van der Waals surface area contributed by atoms with E-state index in [4.69, 9.17) is 5.73 Å². The predicted molar refractivity (Wildman–Crippen MR) is 72.7 cm³/mol. The standard InChI is InChI=1S/C14H17BrFNO/c15-13-6-3-11(16)7-10(13)8-14(18)9-1-4-12(17)5-2-9/h3,6-7,9,12H,1-2,4-5,8,17H2. The smallest absolute Gasteiger partial charge is 0.140 e. The molecule has 0 bridgehead atoms. The quantitative estimate of drug-likeness (QED) is 0.931. The number of halogens is 2. The Balaban J connectivity index is 2.00. The van der Waals surface area contributed by atoms with Gasteiger partial charge in [0.25, 0.3) is 0 Å². The minimum Gasteiger partial charge on any atom is -0.328 e. The molecule has 0 heterocycles. The molecule has 18 heavy (non-hydrogen) atoms. The summed E-state index contributed by atoms with van der Waals surface area (Å²) < 4.78 is 13.9. The lowest BCUT2D eigenvalue weighted by Crippen LogP contribution is -2.30. The first-order chi connectivity index (χ1) is 8.56. The maximum Gasteiger partial charge on any atom is 0.140 e. The van der Waals surface area contributed by atoms with E-state index in [0.29, 0.717) is 6.42 Å². The van der Waals surface area contributed by atoms with Gasteiger partial charge in [-0.05, 0) is 49.4 Å². The maximum absolute atomic E-state index is 13.1. The summed E-state index contributed by atoms with van der Waals surface area (Å²) in [4.78, 5) is 12.2. The number of hydrogen-bond acceptors (Lipinski definition) is 2. The van der Waals surface area contributed by atoms with Crippen molar-refractivity contribution >= 4 is 21.7 Å². The van der Waals surface area contributed by atoms with Crippen LogP contribution in [0.5, 0.6) is 0 Å². The monoisotopic (exact) mass is 313 g/mol. The second-order valence-electron chi connectivity index (χ2n) is 4.99. The maximum atomic E-state index is 13.1. The number of ketones is 1. The molecule has 2 N–H and O–H groups in total. The Bertz CT molecular complexity index is 441. The van der Waals surface area contributed by atoms with Gasteiger partial charge in [0, 0.05) is 22.9 Å². The highest BCUT2D eigenvalue weighted by Crippen LogP contribution is 2.26. The zero-order valence-corrected chi connectivity index (χ0v) is 11.7. The fourth-order valence-electron chi connectivity index (χ4n) is 2.45. The molecule has 2 nitrogen and oxygen atoms in total. The molecule has 1 saturated carbocycles. The van der Waals surface area contributed by atoms with Crippen LogP contribution >= 0.6 is 15.9 Å². The van der Waals surface area contributed by atoms with Crippen LogP contribution in [0.4, 0.5) is 4.39 Å². The SMILES string of the molecule is NC1CCC(C(=O)Cc2cc(F)ccc2Br)CC1. The molecule has 2 rings (SSSR count). The highest BCUT2D eigenvalue weighted by molar-refractivity contribution is 9.10. The van der Waals surface area contributed by atoms with E-state index in [0.717, 1.165) is 35.7 Å². The first kappa shape index (κ1) is 13.7. The third kappa shape index (κ3) is 3.39. The van der Waals surface area contributed by atoms with Crippen molar-refractivity contribution in [2.45, 2.75) is 38.1 Å². The summed E-state index contributed by atoms with van der Waals surface area (Å²) in [6.45, 7) is 0. The third-order valence-corrected chi connectivity index (χ3v) is 4.37. The topological polar surface area (TPSA) is 43.1 Å². The summed E-state index contributed by atoms with van der Waals surface area (Å²) in [6.07, 6.45) is 3.87. The van der Waals surface area contributed by atoms with E-state index in [-0.39, 0.29) is 23.6 Å². The third-order valence-electron chi connectivity index (χ3n) is 3.60. The van der Waals surface area contributed by atoms with Gasteiger partial charge < -0.3 is 5.73 Å². The molecular formula is C14H17BrFNO. The van der Waals surface area contributed by atoms with Gasteiger partial charge in [0.1, 0.15) is 11.6 Å². The van der Waals surface area contributed by atoms with Crippen LogP contribution in [-0.4, -0.2) is 11.8 Å². The van der Waals surface area contributed by atoms with Crippen molar-refractivity contribution in [2.24, 2.45) is 11.7 Å². The normalized spacial score (nSPS) is 23.9. The number of nitrogens with two attached hydrogens (primary N) is 1. The Hall–Kier alpha value is -0.740. The van der Waals surface area contributed by atoms with Crippen molar-refractivity contribution in [3.8, 4) is 0 Å². The molecule has 1 aromatic rings. The van der Waals surface area contributed by atoms with Crippen molar-refractivity contribution in [1.82, 2.24) is 0 Å². The number of carbonyl (C=O) groups excluding carboxylic acids is 1. The van der Waals surface area contributed by atoms with Crippen molar-refractivity contribution in [1.29, 1.82) is 0 Å². The van der Waals surface area contributed by atoms with Gasteiger partial charge in [0.05, 0.1) is 0 Å². The van der Waals surface area contributed by atoms with Gasteiger partial charge in [-0.15, -0.1) is 0 Å². The zero-order valence-electron chi connectivity index (χ0n) is 10.2. The van der Waals surface area contributed by atoms with Crippen molar-refractivity contribution in [3.63, 3.8) is 0 Å². The Kier molecular flexibility index (Phi) is 4.51. The lowest BCUT2D eigenvalue weighted by Gasteiger charge is -2.25. The van der Waals surface area contributed by atoms with E-state index in [1.54, 1.807) is 6.07 Å². The number of Topliss-reactive ketones (excluding diaryl/α,β-unsaturated/α-hetero) is 1. The van der Waals surface area contributed by atoms with Crippen molar-refractivity contribution in [3.05, 3.63) is 34.1 Å². The Morgan fingerprint density at radius 3 is 2.67 bits per heavy atom. The molecule has 0 atom stereocenters. The van der Waals surface area contributed by atoms with Crippen molar-refractivity contribution < 1.29 is 9.18 Å². The Morgan fingerprint density at radius 1 is 1.33 bits per heavy atom. The number of hydrogen-bond donors (Lipinski definition) is 1. The van der Waals surface area contributed by atoms with E-state index >= 15 is 0 Å². The largest absolute Gasteiger partial charge is 0.328 e. The van der Waals surface area contributed by atoms with Gasteiger partial charge in [0.2, 0.25) is 0 Å². The minimum absolute atomic E-state index is 0.0972. The number of benzene rings is 1. The highest BCUT2D eigenvalue weighted by atomic mass is 79.9. The summed E-state index contributed by atoms with van der Waals surface area (Å²) in [6, 6.07) is 4.71. The molecule has 0 amide bonds. The van der Waals surface area contributed by atoms with Crippen molar-refractivity contribution in [2.75, 3.05) is 0 Å². The van der Waals surface area contributed by atoms with Gasteiger partial charge in [-0.3, -0.25) is 4.79 Å².